The van der Waals surface area contributed by atoms with Crippen molar-refractivity contribution in [1.82, 2.24) is 9.97 Å². The Bertz CT molecular complexity index is 400. The first kappa shape index (κ1) is 18.9. The molecular weight excluding hydrogens is 272 g/mol. The molecule has 0 fully saturated rings. The van der Waals surface area contributed by atoms with Crippen LogP contribution >= 0.6 is 0 Å². The van der Waals surface area contributed by atoms with E-state index in [0.29, 0.717) is 5.82 Å². The lowest BCUT2D eigenvalue weighted by molar-refractivity contribution is 0.0766. The third-order valence-corrected chi connectivity index (χ3v) is 4.68. The fourth-order valence-electron chi connectivity index (χ4n) is 3.09. The van der Waals surface area contributed by atoms with Gasteiger partial charge in [0.25, 0.3) is 0 Å². The Hall–Kier alpha value is -1.12. The second-order valence-electron chi connectivity index (χ2n) is 6.80. The van der Waals surface area contributed by atoms with E-state index in [1.54, 1.807) is 12.4 Å². The molecule has 22 heavy (non-hydrogen) atoms. The normalized spacial score (nSPS) is 14.0. The fraction of sp³-hybridized carbons (Fsp3) is 0.789. The summed E-state index contributed by atoms with van der Waals surface area (Å²) in [5.74, 6) is 0.732. The summed E-state index contributed by atoms with van der Waals surface area (Å²) in [5, 5.41) is 0. The first-order valence-electron chi connectivity index (χ1n) is 9.18. The van der Waals surface area contributed by atoms with E-state index in [2.05, 4.69) is 30.7 Å². The summed E-state index contributed by atoms with van der Waals surface area (Å²) >= 11 is 0. The predicted molar refractivity (Wildman–Crippen MR) is 93.2 cm³/mol. The molecule has 0 aliphatic rings. The molecule has 1 rings (SSSR count). The van der Waals surface area contributed by atoms with Gasteiger partial charge in [-0.15, -0.1) is 0 Å². The lowest BCUT2D eigenvalue weighted by Crippen LogP contribution is -2.29. The van der Waals surface area contributed by atoms with Crippen molar-refractivity contribution in [3.63, 3.8) is 0 Å². The maximum Gasteiger partial charge on any atom is 0.203 e. The summed E-state index contributed by atoms with van der Waals surface area (Å²) in [4.78, 5) is 20.0. The zero-order valence-corrected chi connectivity index (χ0v) is 14.8. The summed E-state index contributed by atoms with van der Waals surface area (Å²) in [6.45, 7) is 6.60. The number of carbonyl (C=O) groups is 1. The molecule has 1 aromatic rings. The maximum absolute atomic E-state index is 12.8. The second kappa shape index (κ2) is 10.6. The summed E-state index contributed by atoms with van der Waals surface area (Å²) in [6.07, 6.45) is 16.5. The van der Waals surface area contributed by atoms with E-state index < -0.39 is 0 Å². The van der Waals surface area contributed by atoms with Gasteiger partial charge in [0, 0.05) is 17.8 Å². The van der Waals surface area contributed by atoms with Gasteiger partial charge < -0.3 is 4.98 Å². The highest BCUT2D eigenvalue weighted by molar-refractivity contribution is 5.97. The van der Waals surface area contributed by atoms with Crippen LogP contribution in [0.25, 0.3) is 0 Å². The van der Waals surface area contributed by atoms with E-state index >= 15 is 0 Å². The monoisotopic (exact) mass is 306 g/mol. The summed E-state index contributed by atoms with van der Waals surface area (Å²) < 4.78 is 0. The van der Waals surface area contributed by atoms with Gasteiger partial charge in [-0.2, -0.15) is 0 Å². The lowest BCUT2D eigenvalue weighted by atomic mass is 9.76. The maximum atomic E-state index is 12.8. The molecule has 126 valence electrons. The number of H-pyrrole nitrogens is 1. The number of unbranched alkanes of at least 4 members (excludes halogenated alkanes) is 7. The van der Waals surface area contributed by atoms with Crippen molar-refractivity contribution < 1.29 is 4.79 Å². The van der Waals surface area contributed by atoms with E-state index in [1.165, 1.54) is 44.9 Å². The molecule has 0 amide bonds. The van der Waals surface area contributed by atoms with Gasteiger partial charge in [-0.3, -0.25) is 4.79 Å². The highest BCUT2D eigenvalue weighted by Gasteiger charge is 2.34. The Labute approximate surface area is 136 Å². The van der Waals surface area contributed by atoms with Gasteiger partial charge >= 0.3 is 0 Å². The van der Waals surface area contributed by atoms with Gasteiger partial charge in [-0.1, -0.05) is 78.6 Å². The number of aromatic nitrogens is 2. The zero-order chi connectivity index (χ0) is 16.3. The van der Waals surface area contributed by atoms with E-state index in [9.17, 15) is 4.79 Å². The average Bonchev–Trinajstić information content (AvgIpc) is 3.05. The molecule has 0 saturated carbocycles. The number of carbonyl (C=O) groups excluding carboxylic acids is 1. The number of rotatable bonds is 13. The van der Waals surface area contributed by atoms with Crippen molar-refractivity contribution in [3.05, 3.63) is 18.2 Å². The molecule has 0 aliphatic heterocycles. The Morgan fingerprint density at radius 2 is 1.55 bits per heavy atom. The SMILES string of the molecule is CCCCCCCC(C)(CCCCCC)C(=O)c1ncc[nH]1. The first-order chi connectivity index (χ1) is 10.6. The van der Waals surface area contributed by atoms with Crippen LogP contribution in [0.5, 0.6) is 0 Å². The molecule has 0 aromatic carbocycles. The fourth-order valence-corrected chi connectivity index (χ4v) is 3.09. The number of imidazole rings is 1. The quantitative estimate of drug-likeness (QED) is 0.362. The molecule has 1 N–H and O–H groups in total. The Morgan fingerprint density at radius 3 is 2.05 bits per heavy atom. The summed E-state index contributed by atoms with van der Waals surface area (Å²) in [5.41, 5.74) is -0.252. The molecule has 1 heterocycles. The molecule has 1 unspecified atom stereocenters. The summed E-state index contributed by atoms with van der Waals surface area (Å²) in [6, 6.07) is 0. The van der Waals surface area contributed by atoms with Gasteiger partial charge in [0.15, 0.2) is 5.82 Å². The highest BCUT2D eigenvalue weighted by Crippen LogP contribution is 2.34. The topological polar surface area (TPSA) is 45.8 Å². The van der Waals surface area contributed by atoms with Gasteiger partial charge in [-0.05, 0) is 12.8 Å². The average molecular weight is 306 g/mol. The van der Waals surface area contributed by atoms with Gasteiger partial charge in [0.05, 0.1) is 0 Å². The molecule has 1 aromatic heterocycles. The minimum atomic E-state index is -0.252. The number of hydrogen-bond donors (Lipinski definition) is 1. The van der Waals surface area contributed by atoms with Gasteiger partial charge in [-0.25, -0.2) is 4.98 Å². The number of nitrogens with zero attached hydrogens (tertiary/aromatic N) is 1. The number of nitrogens with one attached hydrogen (secondary N) is 1. The van der Waals surface area contributed by atoms with Crippen molar-refractivity contribution in [2.45, 2.75) is 91.4 Å². The standard InChI is InChI=1S/C19H34N2O/c1-4-6-8-10-12-14-19(3,13-11-9-7-5-2)17(22)18-20-15-16-21-18/h15-16H,4-14H2,1-3H3,(H,20,21). The number of aromatic amines is 1. The third-order valence-electron chi connectivity index (χ3n) is 4.68. The van der Waals surface area contributed by atoms with Gasteiger partial charge in [0.2, 0.25) is 5.78 Å². The molecular formula is C19H34N2O. The van der Waals surface area contributed by atoms with Crippen molar-refractivity contribution in [2.75, 3.05) is 0 Å². The van der Waals surface area contributed by atoms with Crippen molar-refractivity contribution >= 4 is 5.78 Å². The van der Waals surface area contributed by atoms with E-state index in [-0.39, 0.29) is 11.2 Å². The smallest absolute Gasteiger partial charge is 0.203 e. The molecule has 1 atom stereocenters. The predicted octanol–water partition coefficient (Wildman–Crippen LogP) is 5.93. The number of ketones is 1. The van der Waals surface area contributed by atoms with Crippen LogP contribution in [0.3, 0.4) is 0 Å². The lowest BCUT2D eigenvalue weighted by Gasteiger charge is -2.27. The van der Waals surface area contributed by atoms with Crippen LogP contribution in [0.4, 0.5) is 0 Å². The summed E-state index contributed by atoms with van der Waals surface area (Å²) in [7, 11) is 0. The van der Waals surface area contributed by atoms with Gasteiger partial charge in [0.1, 0.15) is 0 Å². The van der Waals surface area contributed by atoms with Crippen LogP contribution in [-0.4, -0.2) is 15.8 Å². The molecule has 0 aliphatic carbocycles. The number of Topliss-reactive ketones (excluding diaryl/α,β-unsaturated/α-hetero) is 1. The highest BCUT2D eigenvalue weighted by atomic mass is 16.1. The van der Waals surface area contributed by atoms with Crippen LogP contribution in [0.15, 0.2) is 12.4 Å². The molecule has 0 spiro atoms. The minimum Gasteiger partial charge on any atom is -0.342 e. The zero-order valence-electron chi connectivity index (χ0n) is 14.8. The van der Waals surface area contributed by atoms with Crippen LogP contribution in [-0.2, 0) is 0 Å². The van der Waals surface area contributed by atoms with Crippen LogP contribution < -0.4 is 0 Å². The first-order valence-corrected chi connectivity index (χ1v) is 9.18. The third kappa shape index (κ3) is 6.33. The van der Waals surface area contributed by atoms with Crippen LogP contribution in [0.2, 0.25) is 0 Å². The second-order valence-corrected chi connectivity index (χ2v) is 6.80. The van der Waals surface area contributed by atoms with Crippen LogP contribution in [0, 0.1) is 5.41 Å². The molecule has 3 heteroatoms. The molecule has 0 radical (unpaired) electrons. The van der Waals surface area contributed by atoms with E-state index in [0.717, 1.165) is 25.7 Å². The molecule has 3 nitrogen and oxygen atoms in total. The molecule has 0 saturated heterocycles. The van der Waals surface area contributed by atoms with Crippen molar-refractivity contribution in [2.24, 2.45) is 5.41 Å². The van der Waals surface area contributed by atoms with E-state index in [4.69, 9.17) is 0 Å². The Balaban J connectivity index is 2.56. The molecule has 0 bridgehead atoms. The Morgan fingerprint density at radius 1 is 1.00 bits per heavy atom. The van der Waals surface area contributed by atoms with Crippen LogP contribution in [0.1, 0.15) is 102 Å². The number of hydrogen-bond acceptors (Lipinski definition) is 2. The minimum absolute atomic E-state index is 0.199. The van der Waals surface area contributed by atoms with Crippen molar-refractivity contribution in [1.29, 1.82) is 0 Å². The van der Waals surface area contributed by atoms with E-state index in [1.807, 2.05) is 0 Å². The van der Waals surface area contributed by atoms with Crippen molar-refractivity contribution in [3.8, 4) is 0 Å². The largest absolute Gasteiger partial charge is 0.342 e. The Kier molecular flexibility index (Phi) is 9.10.